The molecule has 1 saturated heterocycles. The molecule has 2 aliphatic rings. The lowest BCUT2D eigenvalue weighted by Crippen LogP contribution is -2.47. The number of hydrogen-bond acceptors (Lipinski definition) is 3. The monoisotopic (exact) mass is 357 g/mol. The first-order chi connectivity index (χ1) is 13.3. The smallest absolute Gasteiger partial charge is 0.250 e. The maximum absolute atomic E-state index is 12.6. The van der Waals surface area contributed by atoms with Gasteiger partial charge in [0, 0.05) is 55.6 Å². The Morgan fingerprint density at radius 1 is 0.926 bits per heavy atom. The highest BCUT2D eigenvalue weighted by atomic mass is 16.1. The van der Waals surface area contributed by atoms with Gasteiger partial charge in [0.1, 0.15) is 0 Å². The summed E-state index contributed by atoms with van der Waals surface area (Å²) in [5.74, 6) is 0.925. The van der Waals surface area contributed by atoms with Crippen molar-refractivity contribution in [1.82, 2.24) is 14.5 Å². The molecule has 5 rings (SSSR count). The Kier molecular flexibility index (Phi) is 4.13. The number of piperidine rings is 1. The molecule has 0 aliphatic carbocycles. The Hall–Kier alpha value is -2.72. The van der Waals surface area contributed by atoms with Crippen LogP contribution >= 0.6 is 0 Å². The van der Waals surface area contributed by atoms with Gasteiger partial charge in [-0.25, -0.2) is 0 Å². The van der Waals surface area contributed by atoms with E-state index in [0.717, 1.165) is 31.9 Å². The third-order valence-electron chi connectivity index (χ3n) is 5.86. The van der Waals surface area contributed by atoms with Crippen LogP contribution < -0.4 is 5.56 Å². The first-order valence-electron chi connectivity index (χ1n) is 9.69. The van der Waals surface area contributed by atoms with Crippen molar-refractivity contribution in [2.45, 2.75) is 25.4 Å². The first kappa shape index (κ1) is 16.5. The predicted octanol–water partition coefficient (Wildman–Crippen LogP) is 3.53. The number of benzene rings is 1. The lowest BCUT2D eigenvalue weighted by molar-refractivity contribution is 0.113. The van der Waals surface area contributed by atoms with Gasteiger partial charge in [-0.2, -0.15) is 0 Å². The van der Waals surface area contributed by atoms with Crippen molar-refractivity contribution in [2.24, 2.45) is 5.92 Å². The summed E-state index contributed by atoms with van der Waals surface area (Å²) in [5, 5.41) is 0. The second-order valence-electron chi connectivity index (χ2n) is 7.76. The molecule has 2 aromatic heterocycles. The van der Waals surface area contributed by atoms with E-state index >= 15 is 0 Å². The average Bonchev–Trinajstić information content (AvgIpc) is 2.70. The van der Waals surface area contributed by atoms with Crippen LogP contribution in [0.5, 0.6) is 0 Å². The summed E-state index contributed by atoms with van der Waals surface area (Å²) in [6.07, 6.45) is 3.03. The molecule has 2 bridgehead atoms. The Bertz CT molecular complexity index is 997. The zero-order chi connectivity index (χ0) is 18.2. The molecule has 0 saturated carbocycles. The van der Waals surface area contributed by atoms with Crippen molar-refractivity contribution >= 4 is 0 Å². The SMILES string of the molecule is O=c1ccc(-c2ccccc2)c2n1C[C@H]1C[C@@H]2CN(Cc2ccccn2)C1. The van der Waals surface area contributed by atoms with Crippen molar-refractivity contribution in [3.63, 3.8) is 0 Å². The molecule has 2 atom stereocenters. The number of likely N-dealkylation sites (tertiary alicyclic amines) is 1. The molecule has 27 heavy (non-hydrogen) atoms. The lowest BCUT2D eigenvalue weighted by Gasteiger charge is -2.43. The van der Waals surface area contributed by atoms with Gasteiger partial charge in [-0.3, -0.25) is 14.7 Å². The molecule has 1 aromatic carbocycles. The van der Waals surface area contributed by atoms with E-state index in [9.17, 15) is 4.79 Å². The number of pyridine rings is 2. The second kappa shape index (κ2) is 6.78. The number of hydrogen-bond donors (Lipinski definition) is 0. The van der Waals surface area contributed by atoms with E-state index in [2.05, 4.69) is 46.3 Å². The van der Waals surface area contributed by atoms with Gasteiger partial charge in [-0.1, -0.05) is 36.4 Å². The van der Waals surface area contributed by atoms with Crippen LogP contribution in [-0.2, 0) is 13.1 Å². The maximum atomic E-state index is 12.6. The van der Waals surface area contributed by atoms with Crippen molar-refractivity contribution in [3.05, 3.63) is 88.6 Å². The van der Waals surface area contributed by atoms with E-state index in [4.69, 9.17) is 0 Å². The standard InChI is InChI=1S/C23H23N3O/c27-22-10-9-21(18-6-2-1-3-7-18)23-19-12-17(14-26(22)23)13-25(15-19)16-20-8-4-5-11-24-20/h1-11,17,19H,12-16H2/t17-,19+/m0/s1. The number of rotatable bonds is 3. The van der Waals surface area contributed by atoms with Gasteiger partial charge in [-0.05, 0) is 36.1 Å². The molecule has 3 aromatic rings. The van der Waals surface area contributed by atoms with E-state index < -0.39 is 0 Å². The molecule has 0 radical (unpaired) electrons. The summed E-state index contributed by atoms with van der Waals surface area (Å²) in [4.78, 5) is 19.6. The Balaban J connectivity index is 1.52. The zero-order valence-electron chi connectivity index (χ0n) is 15.3. The predicted molar refractivity (Wildman–Crippen MR) is 107 cm³/mol. The minimum absolute atomic E-state index is 0.137. The number of fused-ring (bicyclic) bond motifs is 4. The largest absolute Gasteiger partial charge is 0.311 e. The van der Waals surface area contributed by atoms with Gasteiger partial charge in [-0.15, -0.1) is 0 Å². The highest BCUT2D eigenvalue weighted by Crippen LogP contribution is 2.40. The van der Waals surface area contributed by atoms with Gasteiger partial charge >= 0.3 is 0 Å². The normalized spacial score (nSPS) is 21.6. The third kappa shape index (κ3) is 3.10. The van der Waals surface area contributed by atoms with Gasteiger partial charge in [0.15, 0.2) is 0 Å². The van der Waals surface area contributed by atoms with Crippen LogP contribution in [0.4, 0.5) is 0 Å². The molecule has 0 N–H and O–H groups in total. The Morgan fingerprint density at radius 3 is 2.59 bits per heavy atom. The molecular formula is C23H23N3O. The summed E-state index contributed by atoms with van der Waals surface area (Å²) in [6.45, 7) is 3.72. The average molecular weight is 357 g/mol. The second-order valence-corrected chi connectivity index (χ2v) is 7.76. The van der Waals surface area contributed by atoms with Crippen molar-refractivity contribution < 1.29 is 0 Å². The molecule has 4 heteroatoms. The molecule has 2 aliphatic heterocycles. The minimum atomic E-state index is 0.137. The molecule has 0 unspecified atom stereocenters. The molecular weight excluding hydrogens is 334 g/mol. The van der Waals surface area contributed by atoms with Crippen molar-refractivity contribution in [2.75, 3.05) is 13.1 Å². The number of nitrogens with zero attached hydrogens (tertiary/aromatic N) is 3. The molecule has 1 fully saturated rings. The zero-order valence-corrected chi connectivity index (χ0v) is 15.3. The van der Waals surface area contributed by atoms with Crippen LogP contribution in [-0.4, -0.2) is 27.5 Å². The van der Waals surface area contributed by atoms with E-state index in [1.807, 2.05) is 29.0 Å². The maximum Gasteiger partial charge on any atom is 0.250 e. The summed E-state index contributed by atoms with van der Waals surface area (Å²) in [7, 11) is 0. The van der Waals surface area contributed by atoms with Crippen LogP contribution in [0, 0.1) is 5.92 Å². The van der Waals surface area contributed by atoms with E-state index in [1.165, 1.54) is 23.2 Å². The summed E-state index contributed by atoms with van der Waals surface area (Å²) in [5.41, 5.74) is 4.87. The molecule has 4 nitrogen and oxygen atoms in total. The molecule has 136 valence electrons. The minimum Gasteiger partial charge on any atom is -0.311 e. The van der Waals surface area contributed by atoms with Crippen molar-refractivity contribution in [3.8, 4) is 11.1 Å². The summed E-state index contributed by atoms with van der Waals surface area (Å²) in [6, 6.07) is 20.3. The fourth-order valence-corrected chi connectivity index (χ4v) is 4.83. The van der Waals surface area contributed by atoms with Gasteiger partial charge < -0.3 is 4.57 Å². The molecule has 0 amide bonds. The highest BCUT2D eigenvalue weighted by Gasteiger charge is 2.36. The Labute approximate surface area is 159 Å². The van der Waals surface area contributed by atoms with E-state index in [1.54, 1.807) is 6.07 Å². The van der Waals surface area contributed by atoms with Gasteiger partial charge in [0.05, 0.1) is 5.69 Å². The quantitative estimate of drug-likeness (QED) is 0.720. The van der Waals surface area contributed by atoms with Crippen LogP contribution in [0.1, 0.15) is 23.7 Å². The molecule has 4 heterocycles. The fraction of sp³-hybridized carbons (Fsp3) is 0.304. The third-order valence-corrected chi connectivity index (χ3v) is 5.86. The topological polar surface area (TPSA) is 38.1 Å². The van der Waals surface area contributed by atoms with Crippen molar-refractivity contribution in [1.29, 1.82) is 0 Å². The molecule has 0 spiro atoms. The van der Waals surface area contributed by atoms with Crippen LogP contribution in [0.15, 0.2) is 71.7 Å². The fourth-order valence-electron chi connectivity index (χ4n) is 4.83. The lowest BCUT2D eigenvalue weighted by atomic mass is 9.80. The summed E-state index contributed by atoms with van der Waals surface area (Å²) < 4.78 is 2.04. The number of aromatic nitrogens is 2. The Morgan fingerprint density at radius 2 is 1.78 bits per heavy atom. The van der Waals surface area contributed by atoms with Crippen LogP contribution in [0.25, 0.3) is 11.1 Å². The highest BCUT2D eigenvalue weighted by molar-refractivity contribution is 5.66. The van der Waals surface area contributed by atoms with Crippen LogP contribution in [0.3, 0.4) is 0 Å². The van der Waals surface area contributed by atoms with Gasteiger partial charge in [0.2, 0.25) is 0 Å². The van der Waals surface area contributed by atoms with E-state index in [-0.39, 0.29) is 5.56 Å². The van der Waals surface area contributed by atoms with Gasteiger partial charge in [0.25, 0.3) is 5.56 Å². The van der Waals surface area contributed by atoms with Crippen LogP contribution in [0.2, 0.25) is 0 Å². The summed E-state index contributed by atoms with van der Waals surface area (Å²) >= 11 is 0. The first-order valence-corrected chi connectivity index (χ1v) is 9.69. The van der Waals surface area contributed by atoms with E-state index in [0.29, 0.717) is 11.8 Å².